The number of amidine groups is 1. The van der Waals surface area contributed by atoms with E-state index in [2.05, 4.69) is 36.1 Å². The summed E-state index contributed by atoms with van der Waals surface area (Å²) < 4.78 is 0. The lowest BCUT2D eigenvalue weighted by Gasteiger charge is -2.17. The van der Waals surface area contributed by atoms with Crippen molar-refractivity contribution in [1.82, 2.24) is 0 Å². The first-order valence-corrected chi connectivity index (χ1v) is 5.75. The number of nitrogens with one attached hydrogen (secondary N) is 1. The topological polar surface area (TPSA) is 27.1 Å². The molecule has 0 saturated carbocycles. The first-order chi connectivity index (χ1) is 7.31. The van der Waals surface area contributed by atoms with Gasteiger partial charge < -0.3 is 4.90 Å². The normalized spacial score (nSPS) is 16.1. The van der Waals surface area contributed by atoms with Gasteiger partial charge in [0.25, 0.3) is 0 Å². The third kappa shape index (κ3) is 2.20. The fourth-order valence-electron chi connectivity index (χ4n) is 2.09. The Bertz CT molecular complexity index is 340. The number of hydrogen-bond donors (Lipinski definition) is 1. The molecule has 0 amide bonds. The summed E-state index contributed by atoms with van der Waals surface area (Å²) in [5, 5.41) is 7.80. The lowest BCUT2D eigenvalue weighted by Crippen LogP contribution is -2.22. The van der Waals surface area contributed by atoms with E-state index in [9.17, 15) is 0 Å². The molecule has 1 aliphatic rings. The summed E-state index contributed by atoms with van der Waals surface area (Å²) in [6.45, 7) is 3.20. The SMILES string of the molecule is CCCc1ccc(N2CCCC2=N)cc1. The number of benzene rings is 1. The van der Waals surface area contributed by atoms with Crippen LogP contribution in [0.25, 0.3) is 0 Å². The molecule has 1 N–H and O–H groups in total. The van der Waals surface area contributed by atoms with Crippen molar-refractivity contribution in [2.24, 2.45) is 0 Å². The number of nitrogens with zero attached hydrogens (tertiary/aromatic N) is 1. The molecule has 1 saturated heterocycles. The summed E-state index contributed by atoms with van der Waals surface area (Å²) >= 11 is 0. The van der Waals surface area contributed by atoms with Gasteiger partial charge in [-0.25, -0.2) is 0 Å². The molecule has 1 fully saturated rings. The minimum Gasteiger partial charge on any atom is -0.330 e. The highest BCUT2D eigenvalue weighted by atomic mass is 15.2. The Morgan fingerprint density at radius 1 is 1.27 bits per heavy atom. The van der Waals surface area contributed by atoms with Gasteiger partial charge in [0, 0.05) is 18.7 Å². The number of hydrogen-bond acceptors (Lipinski definition) is 1. The van der Waals surface area contributed by atoms with E-state index in [0.29, 0.717) is 0 Å². The maximum absolute atomic E-state index is 7.80. The van der Waals surface area contributed by atoms with Crippen molar-refractivity contribution < 1.29 is 0 Å². The largest absolute Gasteiger partial charge is 0.330 e. The summed E-state index contributed by atoms with van der Waals surface area (Å²) in [5.41, 5.74) is 2.57. The van der Waals surface area contributed by atoms with Crippen molar-refractivity contribution in [3.8, 4) is 0 Å². The lowest BCUT2D eigenvalue weighted by atomic mass is 10.1. The van der Waals surface area contributed by atoms with Crippen LogP contribution in [0.2, 0.25) is 0 Å². The van der Waals surface area contributed by atoms with Gasteiger partial charge in [-0.15, -0.1) is 0 Å². The average molecular weight is 202 g/mol. The number of anilines is 1. The second-order valence-corrected chi connectivity index (χ2v) is 4.12. The highest BCUT2D eigenvalue weighted by Gasteiger charge is 2.17. The Hall–Kier alpha value is -1.31. The fraction of sp³-hybridized carbons (Fsp3) is 0.462. The highest BCUT2D eigenvalue weighted by molar-refractivity contribution is 5.97. The predicted molar refractivity (Wildman–Crippen MR) is 64.7 cm³/mol. The van der Waals surface area contributed by atoms with E-state index in [4.69, 9.17) is 5.41 Å². The molecule has 0 bridgehead atoms. The van der Waals surface area contributed by atoms with Gasteiger partial charge in [0.1, 0.15) is 5.84 Å². The van der Waals surface area contributed by atoms with Gasteiger partial charge in [-0.3, -0.25) is 5.41 Å². The summed E-state index contributed by atoms with van der Waals surface area (Å²) in [6.07, 6.45) is 4.39. The molecule has 0 aromatic heterocycles. The molecule has 0 unspecified atom stereocenters. The molecule has 1 heterocycles. The molecule has 1 aromatic rings. The first kappa shape index (κ1) is 10.2. The quantitative estimate of drug-likeness (QED) is 0.800. The third-order valence-electron chi connectivity index (χ3n) is 2.91. The molecule has 0 radical (unpaired) electrons. The van der Waals surface area contributed by atoms with Crippen LogP contribution < -0.4 is 4.90 Å². The third-order valence-corrected chi connectivity index (χ3v) is 2.91. The lowest BCUT2D eigenvalue weighted by molar-refractivity contribution is 0.920. The average Bonchev–Trinajstić information content (AvgIpc) is 2.66. The summed E-state index contributed by atoms with van der Waals surface area (Å²) in [5.74, 6) is 0.762. The smallest absolute Gasteiger partial charge is 0.100 e. The molecule has 1 aromatic carbocycles. The van der Waals surface area contributed by atoms with Crippen LogP contribution in [-0.2, 0) is 6.42 Å². The molecule has 0 atom stereocenters. The predicted octanol–water partition coefficient (Wildman–Crippen LogP) is 3.22. The number of aryl methyl sites for hydroxylation is 1. The molecule has 15 heavy (non-hydrogen) atoms. The van der Waals surface area contributed by atoms with Gasteiger partial charge in [0.15, 0.2) is 0 Å². The monoisotopic (exact) mass is 202 g/mol. The Kier molecular flexibility index (Phi) is 3.05. The van der Waals surface area contributed by atoms with Crippen LogP contribution in [0, 0.1) is 5.41 Å². The van der Waals surface area contributed by atoms with Crippen molar-refractivity contribution in [3.05, 3.63) is 29.8 Å². The van der Waals surface area contributed by atoms with E-state index in [0.717, 1.165) is 31.6 Å². The molecule has 0 spiro atoms. The van der Waals surface area contributed by atoms with E-state index in [1.54, 1.807) is 0 Å². The second kappa shape index (κ2) is 4.47. The maximum atomic E-state index is 7.80. The molecule has 0 aliphatic carbocycles. The van der Waals surface area contributed by atoms with E-state index in [1.165, 1.54) is 17.7 Å². The standard InChI is InChI=1S/C13H18N2/c1-2-4-11-6-8-12(9-7-11)15-10-3-5-13(15)14/h6-9,14H,2-5,10H2,1H3. The molecule has 2 nitrogen and oxygen atoms in total. The second-order valence-electron chi connectivity index (χ2n) is 4.12. The molecular formula is C13H18N2. The summed E-state index contributed by atoms with van der Waals surface area (Å²) in [7, 11) is 0. The van der Waals surface area contributed by atoms with Crippen LogP contribution >= 0.6 is 0 Å². The molecule has 2 rings (SSSR count). The van der Waals surface area contributed by atoms with Gasteiger partial charge in [0.05, 0.1) is 0 Å². The highest BCUT2D eigenvalue weighted by Crippen LogP contribution is 2.21. The van der Waals surface area contributed by atoms with Gasteiger partial charge in [-0.1, -0.05) is 25.5 Å². The Balaban J connectivity index is 2.12. The summed E-state index contributed by atoms with van der Waals surface area (Å²) in [4.78, 5) is 2.11. The molecule has 2 heteroatoms. The maximum Gasteiger partial charge on any atom is 0.100 e. The molecule has 80 valence electrons. The minimum atomic E-state index is 0.762. The van der Waals surface area contributed by atoms with E-state index < -0.39 is 0 Å². The molecule has 1 aliphatic heterocycles. The van der Waals surface area contributed by atoms with Crippen molar-refractivity contribution in [1.29, 1.82) is 5.41 Å². The molecular weight excluding hydrogens is 184 g/mol. The minimum absolute atomic E-state index is 0.762. The van der Waals surface area contributed by atoms with E-state index in [-0.39, 0.29) is 0 Å². The Labute approximate surface area is 91.4 Å². The van der Waals surface area contributed by atoms with Gasteiger partial charge in [0.2, 0.25) is 0 Å². The first-order valence-electron chi connectivity index (χ1n) is 5.75. The van der Waals surface area contributed by atoms with Gasteiger partial charge in [-0.2, -0.15) is 0 Å². The van der Waals surface area contributed by atoms with Gasteiger partial charge in [-0.05, 0) is 30.5 Å². The Morgan fingerprint density at radius 2 is 2.00 bits per heavy atom. The van der Waals surface area contributed by atoms with Crippen LogP contribution in [0.4, 0.5) is 5.69 Å². The van der Waals surface area contributed by atoms with Crippen LogP contribution in [0.15, 0.2) is 24.3 Å². The summed E-state index contributed by atoms with van der Waals surface area (Å²) in [6, 6.07) is 8.66. The zero-order chi connectivity index (χ0) is 10.7. The van der Waals surface area contributed by atoms with Crippen LogP contribution in [0.1, 0.15) is 31.7 Å². The van der Waals surface area contributed by atoms with Gasteiger partial charge >= 0.3 is 0 Å². The fourth-order valence-corrected chi connectivity index (χ4v) is 2.09. The zero-order valence-corrected chi connectivity index (χ0v) is 9.29. The Morgan fingerprint density at radius 3 is 2.53 bits per heavy atom. The van der Waals surface area contributed by atoms with Crippen molar-refractivity contribution >= 4 is 11.5 Å². The van der Waals surface area contributed by atoms with E-state index >= 15 is 0 Å². The number of rotatable bonds is 3. The van der Waals surface area contributed by atoms with Crippen LogP contribution in [-0.4, -0.2) is 12.4 Å². The van der Waals surface area contributed by atoms with Crippen molar-refractivity contribution in [2.75, 3.05) is 11.4 Å². The zero-order valence-electron chi connectivity index (χ0n) is 9.29. The van der Waals surface area contributed by atoms with Crippen molar-refractivity contribution in [3.63, 3.8) is 0 Å². The van der Waals surface area contributed by atoms with Crippen LogP contribution in [0.5, 0.6) is 0 Å². The van der Waals surface area contributed by atoms with Crippen LogP contribution in [0.3, 0.4) is 0 Å². The van der Waals surface area contributed by atoms with E-state index in [1.807, 2.05) is 0 Å². The van der Waals surface area contributed by atoms with Crippen molar-refractivity contribution in [2.45, 2.75) is 32.6 Å².